The molecule has 3 heteroatoms. The van der Waals surface area contributed by atoms with Crippen molar-refractivity contribution in [2.24, 2.45) is 17.8 Å². The normalized spacial score (nSPS) is 30.1. The van der Waals surface area contributed by atoms with Gasteiger partial charge in [0.05, 0.1) is 12.9 Å². The molecule has 0 amide bonds. The lowest BCUT2D eigenvalue weighted by Crippen LogP contribution is -2.34. The molecule has 0 aromatic rings. The molecule has 1 aliphatic carbocycles. The Morgan fingerprint density at radius 1 is 1.47 bits per heavy atom. The van der Waals surface area contributed by atoms with E-state index in [0.29, 0.717) is 17.8 Å². The third kappa shape index (κ3) is 3.20. The van der Waals surface area contributed by atoms with Gasteiger partial charge >= 0.3 is 5.97 Å². The van der Waals surface area contributed by atoms with E-state index in [1.54, 1.807) is 0 Å². The summed E-state index contributed by atoms with van der Waals surface area (Å²) < 4.78 is 10.9. The van der Waals surface area contributed by atoms with Crippen LogP contribution in [-0.2, 0) is 14.3 Å². The van der Waals surface area contributed by atoms with E-state index in [1.807, 2.05) is 6.08 Å². The number of ether oxygens (including phenoxy) is 2. The van der Waals surface area contributed by atoms with Gasteiger partial charge in [0.2, 0.25) is 0 Å². The van der Waals surface area contributed by atoms with Crippen LogP contribution in [0.5, 0.6) is 0 Å². The zero-order valence-corrected chi connectivity index (χ0v) is 12.3. The van der Waals surface area contributed by atoms with Crippen molar-refractivity contribution in [1.82, 2.24) is 0 Å². The number of fused-ring (bicyclic) bond motifs is 1. The van der Waals surface area contributed by atoms with Gasteiger partial charge in [-0.1, -0.05) is 20.8 Å². The number of esters is 1. The molecule has 0 aromatic heterocycles. The highest BCUT2D eigenvalue weighted by molar-refractivity contribution is 5.88. The highest BCUT2D eigenvalue weighted by Gasteiger charge is 2.35. The topological polar surface area (TPSA) is 35.5 Å². The molecule has 0 spiro atoms. The maximum atomic E-state index is 11.6. The maximum absolute atomic E-state index is 11.6. The molecule has 0 saturated heterocycles. The Kier molecular flexibility index (Phi) is 4.33. The fourth-order valence-electron chi connectivity index (χ4n) is 3.03. The first-order valence-electron chi connectivity index (χ1n) is 7.17. The molecule has 0 radical (unpaired) electrons. The van der Waals surface area contributed by atoms with Gasteiger partial charge in [0.1, 0.15) is 6.10 Å². The Balaban J connectivity index is 2.14. The van der Waals surface area contributed by atoms with Gasteiger partial charge in [0, 0.05) is 17.9 Å². The van der Waals surface area contributed by atoms with Crippen LogP contribution in [0.25, 0.3) is 0 Å². The second kappa shape index (κ2) is 5.81. The number of carbonyl (C=O) groups excluding carboxylic acids is 1. The molecule has 19 heavy (non-hydrogen) atoms. The molecule has 1 heterocycles. The number of carbonyl (C=O) groups is 1. The molecule has 0 aromatic carbocycles. The first kappa shape index (κ1) is 14.2. The van der Waals surface area contributed by atoms with Gasteiger partial charge in [0.15, 0.2) is 0 Å². The largest absolute Gasteiger partial charge is 0.491 e. The van der Waals surface area contributed by atoms with Gasteiger partial charge in [-0.3, -0.25) is 0 Å². The van der Waals surface area contributed by atoms with Gasteiger partial charge in [-0.05, 0) is 36.8 Å². The Morgan fingerprint density at radius 2 is 2.21 bits per heavy atom. The summed E-state index contributed by atoms with van der Waals surface area (Å²) in [5.41, 5.74) is 0.766. The van der Waals surface area contributed by atoms with Gasteiger partial charge < -0.3 is 9.47 Å². The van der Waals surface area contributed by atoms with Gasteiger partial charge in [-0.15, -0.1) is 0 Å². The molecule has 0 fully saturated rings. The van der Waals surface area contributed by atoms with E-state index in [1.165, 1.54) is 7.11 Å². The van der Waals surface area contributed by atoms with E-state index >= 15 is 0 Å². The van der Waals surface area contributed by atoms with Gasteiger partial charge in [0.25, 0.3) is 0 Å². The lowest BCUT2D eigenvalue weighted by Gasteiger charge is -2.38. The van der Waals surface area contributed by atoms with Crippen LogP contribution < -0.4 is 0 Å². The van der Waals surface area contributed by atoms with Crippen LogP contribution in [0.1, 0.15) is 40.0 Å². The molecular formula is C16H24O3. The van der Waals surface area contributed by atoms with Crippen LogP contribution in [0, 0.1) is 17.8 Å². The predicted octanol–water partition coefficient (Wildman–Crippen LogP) is 3.46. The first-order chi connectivity index (χ1) is 9.01. The lowest BCUT2D eigenvalue weighted by molar-refractivity contribution is -0.136. The number of allylic oxidation sites excluding steroid dienone is 2. The highest BCUT2D eigenvalue weighted by Crippen LogP contribution is 2.38. The van der Waals surface area contributed by atoms with E-state index in [2.05, 4.69) is 26.8 Å². The first-order valence-corrected chi connectivity index (χ1v) is 7.17. The van der Waals surface area contributed by atoms with Crippen molar-refractivity contribution in [3.05, 3.63) is 23.5 Å². The van der Waals surface area contributed by atoms with Gasteiger partial charge in [-0.2, -0.15) is 0 Å². The Bertz CT molecular complexity index is 406. The van der Waals surface area contributed by atoms with E-state index < -0.39 is 0 Å². The molecular weight excluding hydrogens is 240 g/mol. The fourth-order valence-corrected chi connectivity index (χ4v) is 3.03. The molecule has 3 nitrogen and oxygen atoms in total. The molecule has 3 atom stereocenters. The zero-order valence-electron chi connectivity index (χ0n) is 12.3. The summed E-state index contributed by atoms with van der Waals surface area (Å²) in [6, 6.07) is 0. The zero-order chi connectivity index (χ0) is 14.0. The fraction of sp³-hybridized carbons (Fsp3) is 0.688. The minimum Gasteiger partial charge on any atom is -0.491 e. The van der Waals surface area contributed by atoms with Crippen molar-refractivity contribution in [2.45, 2.75) is 46.1 Å². The second-order valence-corrected chi connectivity index (χ2v) is 6.06. The summed E-state index contributed by atoms with van der Waals surface area (Å²) in [5.74, 6) is 2.45. The van der Waals surface area contributed by atoms with E-state index in [0.717, 1.165) is 30.6 Å². The molecule has 0 saturated carbocycles. The van der Waals surface area contributed by atoms with E-state index in [-0.39, 0.29) is 12.1 Å². The number of rotatable bonds is 3. The smallest absolute Gasteiger partial charge is 0.333 e. The van der Waals surface area contributed by atoms with Crippen molar-refractivity contribution in [1.29, 1.82) is 0 Å². The van der Waals surface area contributed by atoms with Crippen molar-refractivity contribution in [3.63, 3.8) is 0 Å². The highest BCUT2D eigenvalue weighted by atomic mass is 16.5. The minimum atomic E-state index is -0.213. The monoisotopic (exact) mass is 264 g/mol. The van der Waals surface area contributed by atoms with Crippen LogP contribution in [0.2, 0.25) is 0 Å². The number of hydrogen-bond acceptors (Lipinski definition) is 3. The third-order valence-corrected chi connectivity index (χ3v) is 4.00. The summed E-state index contributed by atoms with van der Waals surface area (Å²) in [6.45, 7) is 6.63. The maximum Gasteiger partial charge on any atom is 0.333 e. The van der Waals surface area contributed by atoms with Crippen molar-refractivity contribution in [2.75, 3.05) is 7.11 Å². The summed E-state index contributed by atoms with van der Waals surface area (Å²) in [4.78, 5) is 11.6. The number of methoxy groups -OCH3 is 1. The average molecular weight is 264 g/mol. The summed E-state index contributed by atoms with van der Waals surface area (Å²) >= 11 is 0. The Morgan fingerprint density at radius 3 is 2.84 bits per heavy atom. The van der Waals surface area contributed by atoms with E-state index in [4.69, 9.17) is 9.47 Å². The molecule has 0 unspecified atom stereocenters. The SMILES string of the molecule is COC(=O)C1=C[C@H]2OC(CC(C)C)=C[C@H](C)[C@@H]2CC1. The summed E-state index contributed by atoms with van der Waals surface area (Å²) in [6.07, 6.45) is 7.04. The Labute approximate surface area is 115 Å². The van der Waals surface area contributed by atoms with Crippen molar-refractivity contribution < 1.29 is 14.3 Å². The number of hydrogen-bond donors (Lipinski definition) is 0. The molecule has 2 rings (SSSR count). The van der Waals surface area contributed by atoms with Crippen LogP contribution in [0.15, 0.2) is 23.5 Å². The second-order valence-electron chi connectivity index (χ2n) is 6.06. The average Bonchev–Trinajstić information content (AvgIpc) is 2.36. The minimum absolute atomic E-state index is 0.0385. The lowest BCUT2D eigenvalue weighted by atomic mass is 9.77. The van der Waals surface area contributed by atoms with Crippen molar-refractivity contribution >= 4 is 5.97 Å². The summed E-state index contributed by atoms with van der Waals surface area (Å²) in [5, 5.41) is 0. The Hall–Kier alpha value is -1.25. The predicted molar refractivity (Wildman–Crippen MR) is 74.4 cm³/mol. The van der Waals surface area contributed by atoms with Crippen LogP contribution in [-0.4, -0.2) is 19.2 Å². The summed E-state index contributed by atoms with van der Waals surface area (Å²) in [7, 11) is 1.43. The van der Waals surface area contributed by atoms with Crippen LogP contribution in [0.3, 0.4) is 0 Å². The van der Waals surface area contributed by atoms with Crippen LogP contribution >= 0.6 is 0 Å². The molecule has 2 aliphatic rings. The molecule has 106 valence electrons. The molecule has 0 bridgehead atoms. The quantitative estimate of drug-likeness (QED) is 0.732. The molecule has 0 N–H and O–H groups in total. The standard InChI is InChI=1S/C16H24O3/c1-10(2)7-13-8-11(3)14-6-5-12(16(17)18-4)9-15(14)19-13/h8-11,14-15H,5-7H2,1-4H3/t11-,14-,15+/m0/s1. The van der Waals surface area contributed by atoms with Gasteiger partial charge in [-0.25, -0.2) is 4.79 Å². The van der Waals surface area contributed by atoms with E-state index in [9.17, 15) is 4.79 Å². The third-order valence-electron chi connectivity index (χ3n) is 4.00. The molecule has 1 aliphatic heterocycles. The van der Waals surface area contributed by atoms with Crippen molar-refractivity contribution in [3.8, 4) is 0 Å². The van der Waals surface area contributed by atoms with Crippen LogP contribution in [0.4, 0.5) is 0 Å².